The molecule has 0 saturated heterocycles. The Hall–Kier alpha value is -0.760. The fraction of sp³-hybridized carbons (Fsp3) is 0.545. The summed E-state index contributed by atoms with van der Waals surface area (Å²) in [4.78, 5) is 3.95. The van der Waals surface area contributed by atoms with Gasteiger partial charge < -0.3 is 5.32 Å². The van der Waals surface area contributed by atoms with Crippen LogP contribution in [0.5, 0.6) is 0 Å². The van der Waals surface area contributed by atoms with Crippen LogP contribution in [0.1, 0.15) is 26.2 Å². The second kappa shape index (κ2) is 3.77. The van der Waals surface area contributed by atoms with Crippen LogP contribution in [-0.4, -0.2) is 11.5 Å². The molecule has 0 unspecified atom stereocenters. The van der Waals surface area contributed by atoms with Gasteiger partial charge in [0, 0.05) is 18.4 Å². The molecule has 1 aromatic heterocycles. The molecule has 0 bridgehead atoms. The van der Waals surface area contributed by atoms with Crippen molar-refractivity contribution in [2.24, 2.45) is 5.41 Å². The summed E-state index contributed by atoms with van der Waals surface area (Å²) >= 11 is 5.79. The van der Waals surface area contributed by atoms with E-state index in [1.165, 1.54) is 19.3 Å². The molecule has 76 valence electrons. The molecule has 3 heteroatoms. The smallest absolute Gasteiger partial charge is 0.131 e. The van der Waals surface area contributed by atoms with E-state index in [9.17, 15) is 0 Å². The Morgan fingerprint density at radius 2 is 2.36 bits per heavy atom. The molecular weight excluding hydrogens is 196 g/mol. The Bertz CT molecular complexity index is 321. The number of pyridine rings is 1. The lowest BCUT2D eigenvalue weighted by Crippen LogP contribution is -2.14. The first-order valence-electron chi connectivity index (χ1n) is 5.10. The predicted molar refractivity (Wildman–Crippen MR) is 59.7 cm³/mol. The summed E-state index contributed by atoms with van der Waals surface area (Å²) in [5, 5.41) is 3.97. The Morgan fingerprint density at radius 1 is 1.57 bits per heavy atom. The van der Waals surface area contributed by atoms with Crippen LogP contribution in [0.25, 0.3) is 0 Å². The highest BCUT2D eigenvalue weighted by Crippen LogP contribution is 2.48. The van der Waals surface area contributed by atoms with Crippen LogP contribution in [0, 0.1) is 5.41 Å². The third kappa shape index (κ3) is 2.18. The van der Waals surface area contributed by atoms with Gasteiger partial charge in [-0.3, -0.25) is 0 Å². The fourth-order valence-corrected chi connectivity index (χ4v) is 1.81. The second-order valence-corrected chi connectivity index (χ2v) is 4.46. The molecule has 0 radical (unpaired) electrons. The molecule has 1 saturated carbocycles. The summed E-state index contributed by atoms with van der Waals surface area (Å²) in [6.07, 6.45) is 5.71. The topological polar surface area (TPSA) is 24.9 Å². The molecular formula is C11H15ClN2. The number of nitrogens with one attached hydrogen (secondary N) is 1. The molecule has 0 amide bonds. The van der Waals surface area contributed by atoms with Gasteiger partial charge in [-0.25, -0.2) is 4.98 Å². The van der Waals surface area contributed by atoms with Crippen molar-refractivity contribution in [3.05, 3.63) is 23.5 Å². The number of hydrogen-bond donors (Lipinski definition) is 1. The molecule has 0 atom stereocenters. The summed E-state index contributed by atoms with van der Waals surface area (Å²) in [5.41, 5.74) is 1.64. The van der Waals surface area contributed by atoms with Crippen LogP contribution >= 0.6 is 11.6 Å². The quantitative estimate of drug-likeness (QED) is 0.772. The molecule has 1 N–H and O–H groups in total. The van der Waals surface area contributed by atoms with Gasteiger partial charge in [0.25, 0.3) is 0 Å². The molecule has 2 nitrogen and oxygen atoms in total. The minimum Gasteiger partial charge on any atom is -0.384 e. The maximum Gasteiger partial charge on any atom is 0.131 e. The van der Waals surface area contributed by atoms with E-state index < -0.39 is 0 Å². The van der Waals surface area contributed by atoms with Gasteiger partial charge in [-0.15, -0.1) is 0 Å². The first-order valence-corrected chi connectivity index (χ1v) is 5.47. The molecule has 14 heavy (non-hydrogen) atoms. The van der Waals surface area contributed by atoms with E-state index in [-0.39, 0.29) is 0 Å². The van der Waals surface area contributed by atoms with Crippen molar-refractivity contribution in [1.82, 2.24) is 4.98 Å². The summed E-state index contributed by atoms with van der Waals surface area (Å²) in [5.74, 6) is 0. The highest BCUT2D eigenvalue weighted by Gasteiger charge is 2.40. The van der Waals surface area contributed by atoms with Crippen LogP contribution < -0.4 is 5.32 Å². The van der Waals surface area contributed by atoms with Gasteiger partial charge in [0.1, 0.15) is 5.15 Å². The van der Waals surface area contributed by atoms with E-state index in [0.29, 0.717) is 10.6 Å². The highest BCUT2D eigenvalue weighted by molar-refractivity contribution is 6.29. The van der Waals surface area contributed by atoms with Crippen molar-refractivity contribution in [2.75, 3.05) is 11.9 Å². The Morgan fingerprint density at radius 3 is 2.93 bits per heavy atom. The van der Waals surface area contributed by atoms with Crippen molar-refractivity contribution in [3.8, 4) is 0 Å². The van der Waals surface area contributed by atoms with Gasteiger partial charge in [-0.05, 0) is 36.8 Å². The van der Waals surface area contributed by atoms with E-state index in [4.69, 9.17) is 11.6 Å². The number of anilines is 1. The minimum absolute atomic E-state index is 0.552. The van der Waals surface area contributed by atoms with Crippen molar-refractivity contribution < 1.29 is 0 Å². The average Bonchev–Trinajstić information content (AvgIpc) is 2.96. The zero-order valence-corrected chi connectivity index (χ0v) is 9.14. The predicted octanol–water partition coefficient (Wildman–Crippen LogP) is 3.34. The van der Waals surface area contributed by atoms with E-state index in [2.05, 4.69) is 17.2 Å². The third-order valence-electron chi connectivity index (χ3n) is 3.10. The summed E-state index contributed by atoms with van der Waals surface area (Å²) in [6, 6.07) is 3.82. The third-order valence-corrected chi connectivity index (χ3v) is 3.31. The average molecular weight is 211 g/mol. The van der Waals surface area contributed by atoms with Crippen molar-refractivity contribution in [1.29, 1.82) is 0 Å². The van der Waals surface area contributed by atoms with Gasteiger partial charge in [0.2, 0.25) is 0 Å². The monoisotopic (exact) mass is 210 g/mol. The first-order chi connectivity index (χ1) is 6.74. The standard InChI is InChI=1S/C11H15ClN2/c1-2-11(4-5-11)8-14-9-3-6-13-10(12)7-9/h3,6-7H,2,4-5,8H2,1H3,(H,13,14). The molecule has 1 aliphatic carbocycles. The van der Waals surface area contributed by atoms with E-state index in [0.717, 1.165) is 12.2 Å². The van der Waals surface area contributed by atoms with Gasteiger partial charge >= 0.3 is 0 Å². The second-order valence-electron chi connectivity index (χ2n) is 4.07. The molecule has 2 rings (SSSR count). The zero-order chi connectivity index (χ0) is 10.0. The van der Waals surface area contributed by atoms with Crippen LogP contribution in [0.3, 0.4) is 0 Å². The molecule has 1 aliphatic rings. The molecule has 0 spiro atoms. The maximum absolute atomic E-state index is 5.79. The van der Waals surface area contributed by atoms with Gasteiger partial charge in [-0.2, -0.15) is 0 Å². The lowest BCUT2D eigenvalue weighted by molar-refractivity contribution is 0.521. The van der Waals surface area contributed by atoms with Crippen molar-refractivity contribution in [3.63, 3.8) is 0 Å². The van der Waals surface area contributed by atoms with E-state index in [1.54, 1.807) is 6.20 Å². The summed E-state index contributed by atoms with van der Waals surface area (Å²) in [7, 11) is 0. The normalized spacial score (nSPS) is 17.9. The first kappa shape index (κ1) is 9.78. The highest BCUT2D eigenvalue weighted by atomic mass is 35.5. The SMILES string of the molecule is CCC1(CNc2ccnc(Cl)c2)CC1. The van der Waals surface area contributed by atoms with Crippen molar-refractivity contribution in [2.45, 2.75) is 26.2 Å². The molecule has 0 aromatic carbocycles. The lowest BCUT2D eigenvalue weighted by atomic mass is 10.0. The van der Waals surface area contributed by atoms with Gasteiger partial charge in [-0.1, -0.05) is 18.5 Å². The van der Waals surface area contributed by atoms with Gasteiger partial charge in [0.15, 0.2) is 0 Å². The largest absolute Gasteiger partial charge is 0.384 e. The Labute approximate surface area is 89.7 Å². The fourth-order valence-electron chi connectivity index (χ4n) is 1.63. The molecule has 0 aliphatic heterocycles. The van der Waals surface area contributed by atoms with Crippen molar-refractivity contribution >= 4 is 17.3 Å². The van der Waals surface area contributed by atoms with Gasteiger partial charge in [0.05, 0.1) is 0 Å². The summed E-state index contributed by atoms with van der Waals surface area (Å²) < 4.78 is 0. The summed E-state index contributed by atoms with van der Waals surface area (Å²) in [6.45, 7) is 3.32. The van der Waals surface area contributed by atoms with Crippen LogP contribution in [0.4, 0.5) is 5.69 Å². The Kier molecular flexibility index (Phi) is 2.64. The molecule has 1 aromatic rings. The lowest BCUT2D eigenvalue weighted by Gasteiger charge is -2.14. The minimum atomic E-state index is 0.552. The number of rotatable bonds is 4. The number of nitrogens with zero attached hydrogens (tertiary/aromatic N) is 1. The molecule has 1 heterocycles. The van der Waals surface area contributed by atoms with E-state index >= 15 is 0 Å². The van der Waals surface area contributed by atoms with Crippen LogP contribution in [0.2, 0.25) is 5.15 Å². The zero-order valence-electron chi connectivity index (χ0n) is 8.39. The number of hydrogen-bond acceptors (Lipinski definition) is 2. The number of aromatic nitrogens is 1. The molecule has 1 fully saturated rings. The number of halogens is 1. The van der Waals surface area contributed by atoms with Crippen LogP contribution in [-0.2, 0) is 0 Å². The van der Waals surface area contributed by atoms with E-state index in [1.807, 2.05) is 12.1 Å². The Balaban J connectivity index is 1.92. The maximum atomic E-state index is 5.79. The van der Waals surface area contributed by atoms with Crippen LogP contribution in [0.15, 0.2) is 18.3 Å².